The van der Waals surface area contributed by atoms with Crippen LogP contribution < -0.4 is 15.2 Å². The summed E-state index contributed by atoms with van der Waals surface area (Å²) in [5.41, 5.74) is 5.78. The van der Waals surface area contributed by atoms with E-state index in [0.717, 1.165) is 22.9 Å². The van der Waals surface area contributed by atoms with Crippen LogP contribution in [0.25, 0.3) is 22.2 Å². The zero-order valence-corrected chi connectivity index (χ0v) is 22.2. The second-order valence-electron chi connectivity index (χ2n) is 9.02. The summed E-state index contributed by atoms with van der Waals surface area (Å²) in [4.78, 5) is 18.1. The second kappa shape index (κ2) is 9.81. The van der Waals surface area contributed by atoms with E-state index in [1.54, 1.807) is 23.7 Å². The number of rotatable bonds is 8. The number of benzene rings is 2. The van der Waals surface area contributed by atoms with Crippen LogP contribution in [0.1, 0.15) is 29.8 Å². The Morgan fingerprint density at radius 3 is 2.42 bits per heavy atom. The number of hydrogen-bond donors (Lipinski definition) is 0. The summed E-state index contributed by atoms with van der Waals surface area (Å²) in [5, 5.41) is 0. The Kier molecular flexibility index (Phi) is 6.95. The van der Waals surface area contributed by atoms with E-state index in [4.69, 9.17) is 9.47 Å². The first-order chi connectivity index (χ1) is 17.0. The number of aryl methyl sites for hydroxylation is 3. The van der Waals surface area contributed by atoms with Crippen molar-refractivity contribution in [1.82, 2.24) is 14.1 Å². The Morgan fingerprint density at radius 2 is 1.78 bits per heavy atom. The highest BCUT2D eigenvalue weighted by molar-refractivity contribution is 7.90. The highest BCUT2D eigenvalue weighted by Crippen LogP contribution is 2.32. The molecule has 0 unspecified atom stereocenters. The van der Waals surface area contributed by atoms with Crippen LogP contribution in [0.5, 0.6) is 11.6 Å². The van der Waals surface area contributed by atoms with Crippen LogP contribution in [0.2, 0.25) is 0 Å². The van der Waals surface area contributed by atoms with Crippen molar-refractivity contribution in [3.63, 3.8) is 0 Å². The van der Waals surface area contributed by atoms with Crippen LogP contribution >= 0.6 is 0 Å². The Labute approximate surface area is 211 Å². The zero-order valence-electron chi connectivity index (χ0n) is 21.4. The molecule has 0 fully saturated rings. The average molecular weight is 510 g/mol. The van der Waals surface area contributed by atoms with Crippen LogP contribution in [0.3, 0.4) is 0 Å². The van der Waals surface area contributed by atoms with E-state index in [1.807, 2.05) is 25.1 Å². The molecule has 9 heteroatoms. The first-order valence-corrected chi connectivity index (χ1v) is 13.7. The maximum absolute atomic E-state index is 13.5. The maximum atomic E-state index is 13.5. The number of nitrogens with zero attached hydrogens (tertiary/aromatic N) is 3. The minimum atomic E-state index is -3.48. The van der Waals surface area contributed by atoms with Crippen molar-refractivity contribution in [2.24, 2.45) is 7.05 Å². The number of aromatic nitrogens is 3. The molecule has 0 radical (unpaired) electrons. The molecule has 4 rings (SSSR count). The van der Waals surface area contributed by atoms with Gasteiger partial charge in [-0.25, -0.2) is 18.2 Å². The van der Waals surface area contributed by atoms with Gasteiger partial charge in [0.2, 0.25) is 0 Å². The van der Waals surface area contributed by atoms with Gasteiger partial charge in [0.15, 0.2) is 5.75 Å². The molecule has 0 aliphatic heterocycles. The molecule has 0 amide bonds. The summed E-state index contributed by atoms with van der Waals surface area (Å²) < 4.78 is 38.9. The van der Waals surface area contributed by atoms with Crippen LogP contribution in [-0.4, -0.2) is 48.3 Å². The number of hydrogen-bond acceptors (Lipinski definition) is 6. The summed E-state index contributed by atoms with van der Waals surface area (Å²) in [5.74, 6) is 0.388. The molecule has 0 aliphatic rings. The fourth-order valence-electron chi connectivity index (χ4n) is 4.57. The van der Waals surface area contributed by atoms with E-state index in [1.165, 1.54) is 17.2 Å². The predicted molar refractivity (Wildman–Crippen MR) is 142 cm³/mol. The fraction of sp³-hybridized carbons (Fsp3) is 0.333. The third kappa shape index (κ3) is 4.88. The van der Waals surface area contributed by atoms with Crippen molar-refractivity contribution in [2.45, 2.75) is 26.8 Å². The minimum absolute atomic E-state index is 0.251. The third-order valence-electron chi connectivity index (χ3n) is 6.24. The van der Waals surface area contributed by atoms with Gasteiger partial charge in [0.05, 0.1) is 42.2 Å². The van der Waals surface area contributed by atoms with Crippen molar-refractivity contribution < 1.29 is 17.9 Å². The van der Waals surface area contributed by atoms with Gasteiger partial charge in [-0.15, -0.1) is 0 Å². The molecule has 36 heavy (non-hydrogen) atoms. The van der Waals surface area contributed by atoms with E-state index in [-0.39, 0.29) is 17.3 Å². The van der Waals surface area contributed by atoms with Crippen molar-refractivity contribution in [1.29, 1.82) is 0 Å². The molecule has 0 saturated heterocycles. The summed E-state index contributed by atoms with van der Waals surface area (Å²) in [6, 6.07) is 14.5. The number of sulfone groups is 1. The van der Waals surface area contributed by atoms with Crippen LogP contribution in [0.4, 0.5) is 0 Å². The molecule has 0 aliphatic carbocycles. The molecular formula is C27H31N3O5S. The predicted octanol–water partition coefficient (Wildman–Crippen LogP) is 4.06. The Bertz CT molecular complexity index is 1600. The van der Waals surface area contributed by atoms with Gasteiger partial charge in [0, 0.05) is 13.3 Å². The topological polar surface area (TPSA) is 92.4 Å². The maximum Gasteiger partial charge on any atom is 0.329 e. The van der Waals surface area contributed by atoms with Crippen LogP contribution in [0, 0.1) is 13.8 Å². The molecule has 2 aromatic carbocycles. The fourth-order valence-corrected chi connectivity index (χ4v) is 5.47. The van der Waals surface area contributed by atoms with Gasteiger partial charge in [0.25, 0.3) is 5.88 Å². The van der Waals surface area contributed by atoms with Gasteiger partial charge >= 0.3 is 5.69 Å². The smallest absolute Gasteiger partial charge is 0.329 e. The van der Waals surface area contributed by atoms with E-state index in [9.17, 15) is 13.2 Å². The normalized spacial score (nSPS) is 12.6. The molecule has 4 aromatic rings. The summed E-state index contributed by atoms with van der Waals surface area (Å²) in [6.07, 6.45) is 1.15. The van der Waals surface area contributed by atoms with Gasteiger partial charge in [-0.05, 0) is 61.7 Å². The van der Waals surface area contributed by atoms with Gasteiger partial charge < -0.3 is 9.47 Å². The largest absolute Gasteiger partial charge is 0.491 e. The SMILES string of the molecule is CCOc1nc([C@@H](CS(C)(=O)=O)n2c(=O)n(C)c3cc(-c4ccc(C)cc4C)ccc32)ccc1OC. The molecular weight excluding hydrogens is 478 g/mol. The molecule has 0 bridgehead atoms. The lowest BCUT2D eigenvalue weighted by Crippen LogP contribution is -2.31. The number of pyridine rings is 1. The Morgan fingerprint density at radius 1 is 1.03 bits per heavy atom. The van der Waals surface area contributed by atoms with Gasteiger partial charge in [-0.2, -0.15) is 0 Å². The third-order valence-corrected chi connectivity index (χ3v) is 7.17. The van der Waals surface area contributed by atoms with Gasteiger partial charge in [-0.1, -0.05) is 29.8 Å². The van der Waals surface area contributed by atoms with Crippen LogP contribution in [0.15, 0.2) is 53.3 Å². The Balaban J connectivity index is 1.93. The van der Waals surface area contributed by atoms with E-state index in [0.29, 0.717) is 29.1 Å². The van der Waals surface area contributed by atoms with Crippen molar-refractivity contribution in [3.05, 3.63) is 75.8 Å². The summed E-state index contributed by atoms with van der Waals surface area (Å²) in [7, 11) is -0.277. The van der Waals surface area contributed by atoms with Crippen molar-refractivity contribution in [3.8, 4) is 22.8 Å². The number of methoxy groups -OCH3 is 1. The summed E-state index contributed by atoms with van der Waals surface area (Å²) in [6.45, 7) is 6.30. The molecule has 0 spiro atoms. The van der Waals surface area contributed by atoms with E-state index < -0.39 is 15.9 Å². The standard InChI is InChI=1S/C27H31N3O5S/c1-7-35-26-25(34-5)13-11-21(28-26)24(16-36(6,32)33)30-22-12-9-19(15-23(22)29(4)27(30)31)20-10-8-17(2)14-18(20)3/h8-15,24H,7,16H2,1-6H3/t24-/m1/s1. The lowest BCUT2D eigenvalue weighted by Gasteiger charge is -2.19. The quantitative estimate of drug-likeness (QED) is 0.356. The Hall–Kier alpha value is -3.59. The lowest BCUT2D eigenvalue weighted by molar-refractivity contribution is 0.296. The van der Waals surface area contributed by atoms with E-state index >= 15 is 0 Å². The molecule has 8 nitrogen and oxygen atoms in total. The molecule has 0 saturated carbocycles. The molecule has 1 atom stereocenters. The van der Waals surface area contributed by atoms with Crippen molar-refractivity contribution in [2.75, 3.05) is 25.7 Å². The molecule has 2 heterocycles. The first-order valence-electron chi connectivity index (χ1n) is 11.7. The summed E-state index contributed by atoms with van der Waals surface area (Å²) >= 11 is 0. The highest BCUT2D eigenvalue weighted by atomic mass is 32.2. The number of ether oxygens (including phenoxy) is 2. The lowest BCUT2D eigenvalue weighted by atomic mass is 9.98. The average Bonchev–Trinajstić information content (AvgIpc) is 3.06. The monoisotopic (exact) mass is 509 g/mol. The van der Waals surface area contributed by atoms with Crippen molar-refractivity contribution >= 4 is 20.9 Å². The van der Waals surface area contributed by atoms with Gasteiger partial charge in [-0.3, -0.25) is 9.13 Å². The minimum Gasteiger partial charge on any atom is -0.491 e. The molecule has 190 valence electrons. The van der Waals surface area contributed by atoms with E-state index in [2.05, 4.69) is 37.0 Å². The highest BCUT2D eigenvalue weighted by Gasteiger charge is 2.27. The number of imidazole rings is 1. The number of fused-ring (bicyclic) bond motifs is 1. The van der Waals surface area contributed by atoms with Crippen LogP contribution in [-0.2, 0) is 16.9 Å². The zero-order chi connectivity index (χ0) is 26.2. The van der Waals surface area contributed by atoms with Gasteiger partial charge in [0.1, 0.15) is 9.84 Å². The molecule has 2 aromatic heterocycles. The first kappa shape index (κ1) is 25.5. The molecule has 0 N–H and O–H groups in total. The second-order valence-corrected chi connectivity index (χ2v) is 11.2.